The highest BCUT2D eigenvalue weighted by Crippen LogP contribution is 2.28. The van der Waals surface area contributed by atoms with Crippen molar-refractivity contribution in [3.8, 4) is 6.07 Å². The van der Waals surface area contributed by atoms with Crippen molar-refractivity contribution in [1.29, 1.82) is 5.26 Å². The molecule has 0 atom stereocenters. The monoisotopic (exact) mass is 470 g/mol. The predicted molar refractivity (Wildman–Crippen MR) is 129 cm³/mol. The van der Waals surface area contributed by atoms with Crippen LogP contribution in [-0.4, -0.2) is 26.6 Å². The fourth-order valence-corrected chi connectivity index (χ4v) is 3.84. The molecule has 0 spiro atoms. The summed E-state index contributed by atoms with van der Waals surface area (Å²) < 4.78 is 15.6. The van der Waals surface area contributed by atoms with E-state index in [1.807, 2.05) is 32.9 Å². The van der Waals surface area contributed by atoms with Gasteiger partial charge in [0.25, 0.3) is 5.91 Å². The lowest BCUT2D eigenvalue weighted by Crippen LogP contribution is -2.18. The van der Waals surface area contributed by atoms with Crippen molar-refractivity contribution in [3.63, 3.8) is 0 Å². The third-order valence-electron chi connectivity index (χ3n) is 5.70. The third kappa shape index (κ3) is 4.73. The van der Waals surface area contributed by atoms with Crippen LogP contribution < -0.4 is 11.1 Å². The summed E-state index contributed by atoms with van der Waals surface area (Å²) >= 11 is 0. The quantitative estimate of drug-likeness (QED) is 0.435. The Labute approximate surface area is 201 Å². The van der Waals surface area contributed by atoms with E-state index in [4.69, 9.17) is 16.1 Å². The smallest absolute Gasteiger partial charge is 0.274 e. The van der Waals surface area contributed by atoms with Crippen molar-refractivity contribution >= 4 is 28.4 Å². The van der Waals surface area contributed by atoms with Crippen molar-refractivity contribution < 1.29 is 14.0 Å². The number of carbonyl (C=O) groups is 2. The van der Waals surface area contributed by atoms with E-state index in [1.165, 1.54) is 18.2 Å². The zero-order valence-corrected chi connectivity index (χ0v) is 19.5. The lowest BCUT2D eigenvalue weighted by molar-refractivity contribution is 0.100. The molecule has 8 nitrogen and oxygen atoms in total. The molecule has 2 aromatic carbocycles. The number of amides is 2. The number of halogens is 1. The van der Waals surface area contributed by atoms with Gasteiger partial charge in [-0.2, -0.15) is 10.4 Å². The lowest BCUT2D eigenvalue weighted by atomic mass is 10.1. The van der Waals surface area contributed by atoms with Crippen molar-refractivity contribution in [3.05, 3.63) is 88.1 Å². The Morgan fingerprint density at radius 2 is 1.89 bits per heavy atom. The molecule has 0 radical (unpaired) electrons. The largest absolute Gasteiger partial charge is 0.366 e. The SMILES string of the molecule is Cc1c(NC(=O)c2cc(C(N)=O)c3ccc(F)cc3n2)c(C(C)C)nn1Cc1ccc(C#N)cc1. The summed E-state index contributed by atoms with van der Waals surface area (Å²) in [5.74, 6) is -1.85. The van der Waals surface area contributed by atoms with Gasteiger partial charge < -0.3 is 11.1 Å². The van der Waals surface area contributed by atoms with Gasteiger partial charge >= 0.3 is 0 Å². The van der Waals surface area contributed by atoms with Crippen LogP contribution in [0.1, 0.15) is 63.1 Å². The number of fused-ring (bicyclic) bond motifs is 1. The summed E-state index contributed by atoms with van der Waals surface area (Å²) in [7, 11) is 0. The van der Waals surface area contributed by atoms with Crippen LogP contribution >= 0.6 is 0 Å². The molecule has 9 heteroatoms. The van der Waals surface area contributed by atoms with Gasteiger partial charge in [-0.15, -0.1) is 0 Å². The highest BCUT2D eigenvalue weighted by Gasteiger charge is 2.22. The molecule has 3 N–H and O–H groups in total. The van der Waals surface area contributed by atoms with Crippen LogP contribution in [0.4, 0.5) is 10.1 Å². The minimum absolute atomic E-state index is 0.00561. The first-order valence-corrected chi connectivity index (χ1v) is 11.0. The minimum atomic E-state index is -0.743. The Kier molecular flexibility index (Phi) is 6.30. The maximum absolute atomic E-state index is 13.8. The molecule has 0 aliphatic rings. The van der Waals surface area contributed by atoms with E-state index < -0.39 is 17.6 Å². The Balaban J connectivity index is 1.70. The van der Waals surface area contributed by atoms with E-state index in [1.54, 1.807) is 16.8 Å². The summed E-state index contributed by atoms with van der Waals surface area (Å²) in [5.41, 5.74) is 9.15. The molecule has 2 heterocycles. The molecule has 0 saturated carbocycles. The highest BCUT2D eigenvalue weighted by molar-refractivity contribution is 6.10. The number of hydrogen-bond donors (Lipinski definition) is 2. The van der Waals surface area contributed by atoms with Crippen LogP contribution in [0, 0.1) is 24.1 Å². The molecular weight excluding hydrogens is 447 g/mol. The Morgan fingerprint density at radius 3 is 2.51 bits per heavy atom. The van der Waals surface area contributed by atoms with Gasteiger partial charge in [0.15, 0.2) is 0 Å². The minimum Gasteiger partial charge on any atom is -0.366 e. The molecule has 0 aliphatic heterocycles. The second-order valence-electron chi connectivity index (χ2n) is 8.50. The van der Waals surface area contributed by atoms with Gasteiger partial charge in [-0.3, -0.25) is 14.3 Å². The molecule has 176 valence electrons. The van der Waals surface area contributed by atoms with Gasteiger partial charge in [0, 0.05) is 11.5 Å². The molecule has 0 saturated heterocycles. The molecule has 4 rings (SSSR count). The van der Waals surface area contributed by atoms with Crippen molar-refractivity contribution in [1.82, 2.24) is 14.8 Å². The Bertz CT molecular complexity index is 1500. The first kappa shape index (κ1) is 23.6. The number of benzene rings is 2. The molecule has 0 aliphatic carbocycles. The molecule has 0 bridgehead atoms. The van der Waals surface area contributed by atoms with E-state index >= 15 is 0 Å². The van der Waals surface area contributed by atoms with E-state index in [0.717, 1.165) is 17.3 Å². The normalized spacial score (nSPS) is 11.0. The zero-order valence-electron chi connectivity index (χ0n) is 19.5. The maximum atomic E-state index is 13.8. The van der Waals surface area contributed by atoms with Crippen molar-refractivity contribution in [2.24, 2.45) is 5.73 Å². The first-order chi connectivity index (χ1) is 16.7. The van der Waals surface area contributed by atoms with Gasteiger partial charge in [-0.05, 0) is 48.7 Å². The summed E-state index contributed by atoms with van der Waals surface area (Å²) in [6, 6.07) is 14.4. The van der Waals surface area contributed by atoms with Crippen molar-refractivity contribution in [2.45, 2.75) is 33.2 Å². The summed E-state index contributed by atoms with van der Waals surface area (Å²) in [4.78, 5) is 29.4. The summed E-state index contributed by atoms with van der Waals surface area (Å²) in [6.07, 6.45) is 0. The van der Waals surface area contributed by atoms with Gasteiger partial charge in [-0.25, -0.2) is 9.37 Å². The molecule has 0 fully saturated rings. The van der Waals surface area contributed by atoms with E-state index in [-0.39, 0.29) is 22.7 Å². The van der Waals surface area contributed by atoms with Gasteiger partial charge in [0.05, 0.1) is 46.3 Å². The Morgan fingerprint density at radius 1 is 1.17 bits per heavy atom. The fraction of sp³-hybridized carbons (Fsp3) is 0.192. The molecule has 2 amide bonds. The summed E-state index contributed by atoms with van der Waals surface area (Å²) in [5, 5.41) is 16.9. The number of nitrogens with two attached hydrogens (primary N) is 1. The third-order valence-corrected chi connectivity index (χ3v) is 5.70. The molecular formula is C26H23FN6O2. The van der Waals surface area contributed by atoms with Crippen LogP contribution in [0.5, 0.6) is 0 Å². The predicted octanol–water partition coefficient (Wildman–Crippen LogP) is 4.27. The topological polar surface area (TPSA) is 127 Å². The molecule has 2 aromatic heterocycles. The number of pyridine rings is 1. The average Bonchev–Trinajstić information content (AvgIpc) is 3.13. The van der Waals surface area contributed by atoms with Crippen LogP contribution in [0.2, 0.25) is 0 Å². The lowest BCUT2D eigenvalue weighted by Gasteiger charge is -2.11. The number of nitrogens with one attached hydrogen (secondary N) is 1. The van der Waals surface area contributed by atoms with Crippen LogP contribution in [-0.2, 0) is 6.54 Å². The summed E-state index contributed by atoms with van der Waals surface area (Å²) in [6.45, 7) is 6.22. The van der Waals surface area contributed by atoms with Crippen molar-refractivity contribution in [2.75, 3.05) is 5.32 Å². The van der Waals surface area contributed by atoms with Gasteiger partial charge in [0.2, 0.25) is 5.91 Å². The number of primary amides is 1. The number of aromatic nitrogens is 3. The maximum Gasteiger partial charge on any atom is 0.274 e. The van der Waals surface area contributed by atoms with Gasteiger partial charge in [0.1, 0.15) is 11.5 Å². The van der Waals surface area contributed by atoms with Gasteiger partial charge in [-0.1, -0.05) is 26.0 Å². The molecule has 4 aromatic rings. The van der Waals surface area contributed by atoms with Crippen LogP contribution in [0.15, 0.2) is 48.5 Å². The van der Waals surface area contributed by atoms with E-state index in [9.17, 15) is 14.0 Å². The number of nitrogens with zero attached hydrogens (tertiary/aromatic N) is 4. The first-order valence-electron chi connectivity index (χ1n) is 11.0. The molecule has 35 heavy (non-hydrogen) atoms. The second kappa shape index (κ2) is 9.35. The Hall–Kier alpha value is -4.58. The van der Waals surface area contributed by atoms with Crippen LogP contribution in [0.3, 0.4) is 0 Å². The second-order valence-corrected chi connectivity index (χ2v) is 8.50. The highest BCUT2D eigenvalue weighted by atomic mass is 19.1. The average molecular weight is 471 g/mol. The number of nitriles is 1. The van der Waals surface area contributed by atoms with E-state index in [2.05, 4.69) is 16.4 Å². The van der Waals surface area contributed by atoms with E-state index in [0.29, 0.717) is 28.9 Å². The number of carbonyl (C=O) groups excluding carboxylic acids is 2. The number of anilines is 1. The molecule has 0 unspecified atom stereocenters. The number of rotatable bonds is 6. The fourth-order valence-electron chi connectivity index (χ4n) is 3.84. The number of hydrogen-bond acceptors (Lipinski definition) is 5. The standard InChI is InChI=1S/C26H23FN6O2/c1-14(2)23-24(15(3)33(32-23)13-17-6-4-16(12-28)5-7-17)31-26(35)22-11-20(25(29)34)19-9-8-18(27)10-21(19)30-22/h4-11,14H,13H2,1-3H3,(H2,29,34)(H,31,35). The van der Waals surface area contributed by atoms with Crippen LogP contribution in [0.25, 0.3) is 10.9 Å². The zero-order chi connectivity index (χ0) is 25.3.